The summed E-state index contributed by atoms with van der Waals surface area (Å²) >= 11 is 1.49. The Morgan fingerprint density at radius 1 is 1.62 bits per heavy atom. The van der Waals surface area contributed by atoms with E-state index < -0.39 is 12.0 Å². The lowest BCUT2D eigenvalue weighted by atomic mass is 10.3. The van der Waals surface area contributed by atoms with Gasteiger partial charge in [0, 0.05) is 0 Å². The Labute approximate surface area is 95.1 Å². The van der Waals surface area contributed by atoms with Crippen LogP contribution in [0.15, 0.2) is 17.8 Å². The van der Waals surface area contributed by atoms with Crippen LogP contribution in [0.5, 0.6) is 0 Å². The van der Waals surface area contributed by atoms with E-state index in [1.165, 1.54) is 17.7 Å². The molecule has 1 unspecified atom stereocenters. The molecule has 0 aliphatic heterocycles. The summed E-state index contributed by atoms with van der Waals surface area (Å²) in [5.41, 5.74) is 5.76. The van der Waals surface area contributed by atoms with Crippen molar-refractivity contribution >= 4 is 33.3 Å². The van der Waals surface area contributed by atoms with Crippen molar-refractivity contribution < 1.29 is 9.90 Å². The Balaban J connectivity index is 2.15. The van der Waals surface area contributed by atoms with Crippen LogP contribution in [0.25, 0.3) is 10.2 Å². The summed E-state index contributed by atoms with van der Waals surface area (Å²) in [5, 5.41) is 14.0. The number of fused-ring (bicyclic) bond motifs is 1. The lowest BCUT2D eigenvalue weighted by molar-refractivity contribution is -0.125. The van der Waals surface area contributed by atoms with Crippen molar-refractivity contribution in [1.82, 2.24) is 9.97 Å². The van der Waals surface area contributed by atoms with Crippen molar-refractivity contribution in [2.24, 2.45) is 5.73 Å². The lowest BCUT2D eigenvalue weighted by Gasteiger charge is -2.08. The number of primary amides is 1. The zero-order valence-electron chi connectivity index (χ0n) is 8.25. The quantitative estimate of drug-likeness (QED) is 0.693. The van der Waals surface area contributed by atoms with Gasteiger partial charge in [0.1, 0.15) is 18.2 Å². The van der Waals surface area contributed by atoms with Gasteiger partial charge in [-0.1, -0.05) is 0 Å². The summed E-state index contributed by atoms with van der Waals surface area (Å²) in [6.45, 7) is 0.0410. The first-order chi connectivity index (χ1) is 7.68. The van der Waals surface area contributed by atoms with Crippen LogP contribution in [0.4, 0.5) is 5.82 Å². The number of aliphatic hydroxyl groups excluding tert-OH is 1. The molecule has 1 atom stereocenters. The molecule has 0 aliphatic rings. The van der Waals surface area contributed by atoms with Crippen molar-refractivity contribution in [3.8, 4) is 0 Å². The average Bonchev–Trinajstić information content (AvgIpc) is 2.73. The average molecular weight is 238 g/mol. The van der Waals surface area contributed by atoms with Gasteiger partial charge in [-0.15, -0.1) is 11.3 Å². The van der Waals surface area contributed by atoms with Crippen molar-refractivity contribution in [3.63, 3.8) is 0 Å². The summed E-state index contributed by atoms with van der Waals surface area (Å²) < 4.78 is 0.888. The van der Waals surface area contributed by atoms with E-state index in [0.717, 1.165) is 10.2 Å². The molecule has 7 heteroatoms. The number of hydrogen-bond donors (Lipinski definition) is 3. The molecule has 84 valence electrons. The van der Waals surface area contributed by atoms with E-state index in [1.54, 1.807) is 0 Å². The smallest absolute Gasteiger partial charge is 0.248 e. The third kappa shape index (κ3) is 2.10. The molecular formula is C9H10N4O2S. The van der Waals surface area contributed by atoms with Crippen molar-refractivity contribution in [2.45, 2.75) is 6.10 Å². The van der Waals surface area contributed by atoms with Crippen molar-refractivity contribution in [3.05, 3.63) is 17.8 Å². The number of thiophene rings is 1. The molecule has 4 N–H and O–H groups in total. The van der Waals surface area contributed by atoms with Gasteiger partial charge in [-0.25, -0.2) is 9.97 Å². The zero-order chi connectivity index (χ0) is 11.5. The standard InChI is InChI=1S/C9H10N4O2S/c10-8(15)6(14)3-11-9-7-5(1-2-16-7)12-4-13-9/h1-2,4,6,14H,3H2,(H2,10,15)(H,11,12,13). The minimum Gasteiger partial charge on any atom is -0.381 e. The highest BCUT2D eigenvalue weighted by Crippen LogP contribution is 2.24. The van der Waals surface area contributed by atoms with Gasteiger partial charge in [0.15, 0.2) is 0 Å². The normalized spacial score (nSPS) is 12.6. The summed E-state index contributed by atoms with van der Waals surface area (Å²) in [6.07, 6.45) is 0.207. The molecule has 6 nitrogen and oxygen atoms in total. The van der Waals surface area contributed by atoms with E-state index in [1.807, 2.05) is 11.4 Å². The molecule has 0 aromatic carbocycles. The fraction of sp³-hybridized carbons (Fsp3) is 0.222. The van der Waals surface area contributed by atoms with E-state index in [2.05, 4.69) is 15.3 Å². The van der Waals surface area contributed by atoms with Crippen LogP contribution in [0, 0.1) is 0 Å². The van der Waals surface area contributed by atoms with Gasteiger partial charge in [-0.2, -0.15) is 0 Å². The van der Waals surface area contributed by atoms with Gasteiger partial charge in [0.05, 0.1) is 16.8 Å². The maximum atomic E-state index is 10.6. The molecule has 0 spiro atoms. The highest BCUT2D eigenvalue weighted by atomic mass is 32.1. The predicted molar refractivity (Wildman–Crippen MR) is 61.1 cm³/mol. The topological polar surface area (TPSA) is 101 Å². The molecular weight excluding hydrogens is 228 g/mol. The van der Waals surface area contributed by atoms with Crippen LogP contribution in [-0.4, -0.2) is 33.6 Å². The van der Waals surface area contributed by atoms with E-state index in [9.17, 15) is 9.90 Å². The number of nitrogens with one attached hydrogen (secondary N) is 1. The lowest BCUT2D eigenvalue weighted by Crippen LogP contribution is -2.34. The van der Waals surface area contributed by atoms with Crippen molar-refractivity contribution in [1.29, 1.82) is 0 Å². The number of carbonyl (C=O) groups excluding carboxylic acids is 1. The molecule has 2 aromatic rings. The number of amides is 1. The Morgan fingerprint density at radius 3 is 3.19 bits per heavy atom. The number of aromatic nitrogens is 2. The number of rotatable bonds is 4. The predicted octanol–water partition coefficient (Wildman–Crippen LogP) is -0.0506. The second kappa shape index (κ2) is 4.42. The van der Waals surface area contributed by atoms with Crippen LogP contribution >= 0.6 is 11.3 Å². The molecule has 0 aliphatic carbocycles. The van der Waals surface area contributed by atoms with E-state index in [4.69, 9.17) is 5.73 Å². The monoisotopic (exact) mass is 238 g/mol. The van der Waals surface area contributed by atoms with Crippen LogP contribution in [0.3, 0.4) is 0 Å². The van der Waals surface area contributed by atoms with E-state index in [-0.39, 0.29) is 6.54 Å². The number of carbonyl (C=O) groups is 1. The molecule has 0 saturated carbocycles. The number of hydrogen-bond acceptors (Lipinski definition) is 6. The molecule has 1 amide bonds. The SMILES string of the molecule is NC(=O)C(O)CNc1ncnc2ccsc12. The molecule has 16 heavy (non-hydrogen) atoms. The summed E-state index contributed by atoms with van der Waals surface area (Å²) in [5.74, 6) is -0.163. The Kier molecular flexibility index (Phi) is 2.97. The number of anilines is 1. The van der Waals surface area contributed by atoms with Gasteiger partial charge in [0.25, 0.3) is 0 Å². The molecule has 2 heterocycles. The third-order valence-corrected chi connectivity index (χ3v) is 2.94. The minimum absolute atomic E-state index is 0.0410. The fourth-order valence-corrected chi connectivity index (χ4v) is 2.02. The third-order valence-electron chi connectivity index (χ3n) is 2.03. The van der Waals surface area contributed by atoms with E-state index >= 15 is 0 Å². The van der Waals surface area contributed by atoms with Gasteiger partial charge < -0.3 is 16.2 Å². The fourth-order valence-electron chi connectivity index (χ4n) is 1.21. The summed E-state index contributed by atoms with van der Waals surface area (Å²) in [6, 6.07) is 1.87. The summed E-state index contributed by atoms with van der Waals surface area (Å²) in [4.78, 5) is 18.7. The Hall–Kier alpha value is -1.73. The molecule has 2 rings (SSSR count). The number of nitrogens with two attached hydrogens (primary N) is 1. The highest BCUT2D eigenvalue weighted by molar-refractivity contribution is 7.17. The van der Waals surface area contributed by atoms with Crippen LogP contribution in [0.2, 0.25) is 0 Å². The maximum absolute atomic E-state index is 10.6. The van der Waals surface area contributed by atoms with Crippen molar-refractivity contribution in [2.75, 3.05) is 11.9 Å². The van der Waals surface area contributed by atoms with Gasteiger partial charge in [0.2, 0.25) is 5.91 Å². The van der Waals surface area contributed by atoms with Crippen LogP contribution in [-0.2, 0) is 4.79 Å². The zero-order valence-corrected chi connectivity index (χ0v) is 9.07. The highest BCUT2D eigenvalue weighted by Gasteiger charge is 2.11. The molecule has 2 aromatic heterocycles. The maximum Gasteiger partial charge on any atom is 0.248 e. The van der Waals surface area contributed by atoms with Crippen LogP contribution in [0.1, 0.15) is 0 Å². The first kappa shape index (κ1) is 10.8. The Bertz CT molecular complexity index is 513. The molecule has 0 radical (unpaired) electrons. The van der Waals surface area contributed by atoms with Gasteiger partial charge in [-0.05, 0) is 11.4 Å². The second-order valence-electron chi connectivity index (χ2n) is 3.16. The largest absolute Gasteiger partial charge is 0.381 e. The minimum atomic E-state index is -1.22. The first-order valence-electron chi connectivity index (χ1n) is 4.58. The number of aliphatic hydroxyl groups is 1. The molecule has 0 bridgehead atoms. The summed E-state index contributed by atoms with van der Waals surface area (Å²) in [7, 11) is 0. The molecule has 0 saturated heterocycles. The second-order valence-corrected chi connectivity index (χ2v) is 4.07. The number of nitrogens with zero attached hydrogens (tertiary/aromatic N) is 2. The molecule has 0 fully saturated rings. The van der Waals surface area contributed by atoms with Gasteiger partial charge in [-0.3, -0.25) is 4.79 Å². The first-order valence-corrected chi connectivity index (χ1v) is 5.46. The Morgan fingerprint density at radius 2 is 2.44 bits per heavy atom. The van der Waals surface area contributed by atoms with Crippen LogP contribution < -0.4 is 11.1 Å². The van der Waals surface area contributed by atoms with Gasteiger partial charge >= 0.3 is 0 Å². The van der Waals surface area contributed by atoms with E-state index in [0.29, 0.717) is 5.82 Å².